The average Bonchev–Trinajstić information content (AvgIpc) is 3.13. The zero-order chi connectivity index (χ0) is 19.1. The van der Waals surface area contributed by atoms with Crippen molar-refractivity contribution in [2.75, 3.05) is 6.61 Å². The van der Waals surface area contributed by atoms with Crippen LogP contribution in [0.5, 0.6) is 5.75 Å². The average molecular weight is 366 g/mol. The highest BCUT2D eigenvalue weighted by Gasteiger charge is 2.15. The molecule has 0 fully saturated rings. The van der Waals surface area contributed by atoms with Gasteiger partial charge >= 0.3 is 5.97 Å². The van der Waals surface area contributed by atoms with Gasteiger partial charge in [-0.05, 0) is 30.2 Å². The maximum absolute atomic E-state index is 11.0. The Morgan fingerprint density at radius 1 is 1.04 bits per heavy atom. The molecule has 0 spiro atoms. The van der Waals surface area contributed by atoms with Gasteiger partial charge < -0.3 is 14.3 Å². The Bertz CT molecular complexity index is 859. The number of carboxylic acids is 1. The molecular weight excluding hydrogens is 344 g/mol. The van der Waals surface area contributed by atoms with Gasteiger partial charge in [-0.25, -0.2) is 9.78 Å². The van der Waals surface area contributed by atoms with E-state index in [1.54, 1.807) is 0 Å². The summed E-state index contributed by atoms with van der Waals surface area (Å²) >= 11 is 0. The van der Waals surface area contributed by atoms with Crippen molar-refractivity contribution < 1.29 is 19.1 Å². The lowest BCUT2D eigenvalue weighted by atomic mass is 10.1. The first kappa shape index (κ1) is 18.7. The molecule has 1 N–H and O–H groups in total. The number of nitrogens with zero attached hydrogens (tertiary/aromatic N) is 2. The molecule has 6 heteroatoms. The van der Waals surface area contributed by atoms with Crippen LogP contribution in [0, 0.1) is 0 Å². The van der Waals surface area contributed by atoms with E-state index in [0.717, 1.165) is 16.9 Å². The van der Waals surface area contributed by atoms with Crippen molar-refractivity contribution in [3.05, 3.63) is 83.6 Å². The number of benzene rings is 2. The van der Waals surface area contributed by atoms with Crippen molar-refractivity contribution in [2.45, 2.75) is 26.6 Å². The number of rotatable bonds is 9. The van der Waals surface area contributed by atoms with E-state index in [2.05, 4.69) is 22.0 Å². The van der Waals surface area contributed by atoms with Crippen molar-refractivity contribution in [3.63, 3.8) is 0 Å². The molecule has 1 aromatic heterocycles. The highest BCUT2D eigenvalue weighted by atomic mass is 16.5. The largest absolute Gasteiger partial charge is 0.494 e. The van der Waals surface area contributed by atoms with E-state index in [4.69, 9.17) is 14.3 Å². The number of hydrogen-bond donors (Lipinski definition) is 1. The SMILES string of the molecule is CCOc1ccc(CN(Cc2ccccc2)Cc2nc(C(=O)O)co2)cc1. The third-order valence-corrected chi connectivity index (χ3v) is 4.02. The van der Waals surface area contributed by atoms with Gasteiger partial charge in [-0.2, -0.15) is 0 Å². The van der Waals surface area contributed by atoms with Crippen LogP contribution in [-0.2, 0) is 19.6 Å². The molecule has 1 heterocycles. The first-order chi connectivity index (χ1) is 13.1. The Balaban J connectivity index is 1.74. The Hall–Kier alpha value is -3.12. The van der Waals surface area contributed by atoms with Crippen molar-refractivity contribution in [3.8, 4) is 5.75 Å². The summed E-state index contributed by atoms with van der Waals surface area (Å²) in [6.45, 7) is 4.37. The summed E-state index contributed by atoms with van der Waals surface area (Å²) < 4.78 is 10.8. The van der Waals surface area contributed by atoms with Crippen LogP contribution >= 0.6 is 0 Å². The molecule has 0 saturated heterocycles. The lowest BCUT2D eigenvalue weighted by Crippen LogP contribution is -2.22. The minimum absolute atomic E-state index is 0.0780. The van der Waals surface area contributed by atoms with E-state index in [9.17, 15) is 4.79 Å². The molecular formula is C21H22N2O4. The molecule has 0 radical (unpaired) electrons. The van der Waals surface area contributed by atoms with Crippen LogP contribution in [0.2, 0.25) is 0 Å². The second kappa shape index (κ2) is 9.00. The van der Waals surface area contributed by atoms with E-state index < -0.39 is 5.97 Å². The minimum Gasteiger partial charge on any atom is -0.494 e. The van der Waals surface area contributed by atoms with E-state index in [1.165, 1.54) is 6.26 Å². The lowest BCUT2D eigenvalue weighted by Gasteiger charge is -2.21. The molecule has 0 aliphatic heterocycles. The number of aromatic nitrogens is 1. The van der Waals surface area contributed by atoms with Gasteiger partial charge in [0.1, 0.15) is 12.0 Å². The molecule has 0 aliphatic rings. The number of carbonyl (C=O) groups is 1. The predicted molar refractivity (Wildman–Crippen MR) is 100 cm³/mol. The minimum atomic E-state index is -1.09. The summed E-state index contributed by atoms with van der Waals surface area (Å²) in [5.41, 5.74) is 2.21. The Kier molecular flexibility index (Phi) is 6.22. The number of oxazole rings is 1. The second-order valence-corrected chi connectivity index (χ2v) is 6.14. The number of ether oxygens (including phenoxy) is 1. The fraction of sp³-hybridized carbons (Fsp3) is 0.238. The molecule has 6 nitrogen and oxygen atoms in total. The van der Waals surface area contributed by atoms with Crippen LogP contribution in [-0.4, -0.2) is 27.6 Å². The molecule has 0 saturated carbocycles. The zero-order valence-corrected chi connectivity index (χ0v) is 15.2. The molecule has 0 amide bonds. The Morgan fingerprint density at radius 2 is 1.70 bits per heavy atom. The molecule has 140 valence electrons. The fourth-order valence-corrected chi connectivity index (χ4v) is 2.80. The number of aromatic carboxylic acids is 1. The van der Waals surface area contributed by atoms with Crippen LogP contribution < -0.4 is 4.74 Å². The summed E-state index contributed by atoms with van der Waals surface area (Å²) in [4.78, 5) is 17.2. The van der Waals surface area contributed by atoms with E-state index in [-0.39, 0.29) is 5.69 Å². The third-order valence-electron chi connectivity index (χ3n) is 4.02. The van der Waals surface area contributed by atoms with Gasteiger partial charge in [-0.3, -0.25) is 4.90 Å². The molecule has 0 aliphatic carbocycles. The lowest BCUT2D eigenvalue weighted by molar-refractivity contribution is 0.0690. The molecule has 0 bridgehead atoms. The second-order valence-electron chi connectivity index (χ2n) is 6.14. The maximum Gasteiger partial charge on any atom is 0.357 e. The van der Waals surface area contributed by atoms with Crippen molar-refractivity contribution in [1.82, 2.24) is 9.88 Å². The topological polar surface area (TPSA) is 75.8 Å². The van der Waals surface area contributed by atoms with Gasteiger partial charge in [0.05, 0.1) is 13.2 Å². The summed E-state index contributed by atoms with van der Waals surface area (Å²) in [7, 11) is 0. The van der Waals surface area contributed by atoms with Crippen LogP contribution in [0.3, 0.4) is 0 Å². The quantitative estimate of drug-likeness (QED) is 0.617. The van der Waals surface area contributed by atoms with Gasteiger partial charge in [-0.15, -0.1) is 0 Å². The fourth-order valence-electron chi connectivity index (χ4n) is 2.80. The highest BCUT2D eigenvalue weighted by Crippen LogP contribution is 2.17. The highest BCUT2D eigenvalue weighted by molar-refractivity contribution is 5.84. The molecule has 0 unspecified atom stereocenters. The molecule has 2 aromatic carbocycles. The van der Waals surface area contributed by atoms with Gasteiger partial charge in [0.25, 0.3) is 0 Å². The molecule has 0 atom stereocenters. The molecule has 3 aromatic rings. The molecule has 27 heavy (non-hydrogen) atoms. The number of carboxylic acid groups (broad SMARTS) is 1. The standard InChI is InChI=1S/C21H22N2O4/c1-2-26-18-10-8-17(9-11-18)13-23(12-16-6-4-3-5-7-16)14-20-22-19(15-27-20)21(24)25/h3-11,15H,2,12-14H2,1H3,(H,24,25). The maximum atomic E-state index is 11.0. The monoisotopic (exact) mass is 366 g/mol. The Labute approximate surface area is 158 Å². The normalized spacial score (nSPS) is 10.9. The first-order valence-corrected chi connectivity index (χ1v) is 8.79. The van der Waals surface area contributed by atoms with Crippen molar-refractivity contribution in [2.24, 2.45) is 0 Å². The van der Waals surface area contributed by atoms with E-state index in [0.29, 0.717) is 32.1 Å². The van der Waals surface area contributed by atoms with Gasteiger partial charge in [0.2, 0.25) is 5.89 Å². The predicted octanol–water partition coefficient (Wildman–Crippen LogP) is 3.97. The van der Waals surface area contributed by atoms with Crippen LogP contribution in [0.4, 0.5) is 0 Å². The van der Waals surface area contributed by atoms with Gasteiger partial charge in [0.15, 0.2) is 5.69 Å². The summed E-state index contributed by atoms with van der Waals surface area (Å²) in [5.74, 6) is 0.134. The zero-order valence-electron chi connectivity index (χ0n) is 15.2. The van der Waals surface area contributed by atoms with Crippen LogP contribution in [0.1, 0.15) is 34.4 Å². The molecule has 3 rings (SSSR count). The smallest absolute Gasteiger partial charge is 0.357 e. The van der Waals surface area contributed by atoms with E-state index in [1.807, 2.05) is 49.4 Å². The summed E-state index contributed by atoms with van der Waals surface area (Å²) in [6, 6.07) is 18.1. The van der Waals surface area contributed by atoms with Crippen LogP contribution in [0.15, 0.2) is 65.3 Å². The third kappa shape index (κ3) is 5.43. The van der Waals surface area contributed by atoms with Crippen molar-refractivity contribution in [1.29, 1.82) is 0 Å². The number of hydrogen-bond acceptors (Lipinski definition) is 5. The van der Waals surface area contributed by atoms with Crippen LogP contribution in [0.25, 0.3) is 0 Å². The summed E-state index contributed by atoms with van der Waals surface area (Å²) in [5, 5.41) is 9.02. The van der Waals surface area contributed by atoms with Gasteiger partial charge in [-0.1, -0.05) is 42.5 Å². The first-order valence-electron chi connectivity index (χ1n) is 8.79. The van der Waals surface area contributed by atoms with Crippen molar-refractivity contribution >= 4 is 5.97 Å². The van der Waals surface area contributed by atoms with E-state index >= 15 is 0 Å². The summed E-state index contributed by atoms with van der Waals surface area (Å²) in [6.07, 6.45) is 1.18. The van der Waals surface area contributed by atoms with Gasteiger partial charge in [0, 0.05) is 13.1 Å². The Morgan fingerprint density at radius 3 is 2.30 bits per heavy atom.